The smallest absolute Gasteiger partial charge is 0.0594 e. The largest absolute Gasteiger partial charge is 0.379 e. The number of unbranched alkanes of at least 4 members (excludes halogenated alkanes) is 3. The van der Waals surface area contributed by atoms with Crippen LogP contribution in [-0.4, -0.2) is 43.5 Å². The minimum atomic E-state index is 0.582. The summed E-state index contributed by atoms with van der Waals surface area (Å²) in [4.78, 5) is 2.50. The Bertz CT molecular complexity index is 179. The summed E-state index contributed by atoms with van der Waals surface area (Å²) in [7, 11) is 0. The monoisotopic (exact) mass is 226 g/mol. The van der Waals surface area contributed by atoms with Crippen LogP contribution < -0.4 is 0 Å². The maximum Gasteiger partial charge on any atom is 0.0594 e. The second-order valence-electron chi connectivity index (χ2n) is 4.59. The summed E-state index contributed by atoms with van der Waals surface area (Å²) in [6.07, 6.45) is 9.02. The van der Waals surface area contributed by atoms with Gasteiger partial charge in [0.05, 0.1) is 13.2 Å². The Morgan fingerprint density at radius 1 is 1.25 bits per heavy atom. The van der Waals surface area contributed by atoms with Gasteiger partial charge >= 0.3 is 0 Å². The third-order valence-corrected chi connectivity index (χ3v) is 3.34. The zero-order valence-electron chi connectivity index (χ0n) is 10.6. The quantitative estimate of drug-likeness (QED) is 0.510. The Balaban J connectivity index is 2.24. The summed E-state index contributed by atoms with van der Waals surface area (Å²) >= 11 is 0. The Kier molecular flexibility index (Phi) is 7.43. The summed E-state index contributed by atoms with van der Waals surface area (Å²) in [5.74, 6) is 0. The highest BCUT2D eigenvalue weighted by atomic mass is 16.5. The predicted molar refractivity (Wildman–Crippen MR) is 68.3 cm³/mol. The minimum Gasteiger partial charge on any atom is -0.379 e. The summed E-state index contributed by atoms with van der Waals surface area (Å²) in [6.45, 7) is 6.07. The molecule has 1 N–H and O–H groups in total. The molecule has 1 aliphatic rings. The topological polar surface area (TPSA) is 36.3 Å². The van der Waals surface area contributed by atoms with Gasteiger partial charge in [0.1, 0.15) is 0 Å². The molecule has 1 aliphatic heterocycles. The van der Waals surface area contributed by atoms with Gasteiger partial charge < -0.3 is 10.1 Å². The van der Waals surface area contributed by atoms with Crippen LogP contribution in [0.15, 0.2) is 0 Å². The summed E-state index contributed by atoms with van der Waals surface area (Å²) in [6, 6.07) is 0.582. The van der Waals surface area contributed by atoms with E-state index in [9.17, 15) is 0 Å². The van der Waals surface area contributed by atoms with Gasteiger partial charge in [-0.1, -0.05) is 32.6 Å². The number of nitrogens with zero attached hydrogens (tertiary/aromatic N) is 1. The van der Waals surface area contributed by atoms with Gasteiger partial charge in [-0.3, -0.25) is 4.90 Å². The molecule has 0 amide bonds. The van der Waals surface area contributed by atoms with E-state index in [0.717, 1.165) is 32.7 Å². The lowest BCUT2D eigenvalue weighted by Crippen LogP contribution is -2.43. The first-order valence-corrected chi connectivity index (χ1v) is 6.69. The van der Waals surface area contributed by atoms with Gasteiger partial charge in [0.25, 0.3) is 0 Å². The lowest BCUT2D eigenvalue weighted by molar-refractivity contribution is 0.0159. The Labute approximate surface area is 99.7 Å². The van der Waals surface area contributed by atoms with E-state index < -0.39 is 0 Å². The first kappa shape index (κ1) is 13.7. The van der Waals surface area contributed by atoms with Gasteiger partial charge in [-0.15, -0.1) is 0 Å². The normalized spacial score (nSPS) is 19.6. The van der Waals surface area contributed by atoms with Crippen LogP contribution in [0.5, 0.6) is 0 Å². The van der Waals surface area contributed by atoms with Crippen LogP contribution in [0.4, 0.5) is 0 Å². The van der Waals surface area contributed by atoms with Crippen LogP contribution in [-0.2, 0) is 4.74 Å². The van der Waals surface area contributed by atoms with Crippen LogP contribution in [0.1, 0.15) is 45.4 Å². The van der Waals surface area contributed by atoms with Gasteiger partial charge in [0, 0.05) is 19.1 Å². The molecule has 0 bridgehead atoms. The highest BCUT2D eigenvalue weighted by molar-refractivity contribution is 5.53. The Morgan fingerprint density at radius 3 is 2.62 bits per heavy atom. The van der Waals surface area contributed by atoms with Crippen molar-refractivity contribution in [3.63, 3.8) is 0 Å². The molecular formula is C13H26N2O. The van der Waals surface area contributed by atoms with E-state index >= 15 is 0 Å². The molecule has 1 atom stereocenters. The maximum absolute atomic E-state index is 7.29. The molecule has 0 spiro atoms. The predicted octanol–water partition coefficient (Wildman–Crippen LogP) is 2.70. The van der Waals surface area contributed by atoms with Gasteiger partial charge in [-0.05, 0) is 19.1 Å². The molecule has 0 aromatic carbocycles. The molecule has 94 valence electrons. The van der Waals surface area contributed by atoms with Gasteiger partial charge in [0.2, 0.25) is 0 Å². The van der Waals surface area contributed by atoms with Gasteiger partial charge in [0.15, 0.2) is 0 Å². The number of rotatable bonds is 8. The molecule has 1 unspecified atom stereocenters. The Hall–Kier alpha value is -0.410. The van der Waals surface area contributed by atoms with E-state index in [1.165, 1.54) is 32.1 Å². The minimum absolute atomic E-state index is 0.582. The van der Waals surface area contributed by atoms with Crippen molar-refractivity contribution in [2.75, 3.05) is 26.3 Å². The van der Waals surface area contributed by atoms with Crippen LogP contribution in [0.3, 0.4) is 0 Å². The van der Waals surface area contributed by atoms with E-state index in [0.29, 0.717) is 6.04 Å². The van der Waals surface area contributed by atoms with Gasteiger partial charge in [-0.25, -0.2) is 0 Å². The van der Waals surface area contributed by atoms with Crippen molar-refractivity contribution < 1.29 is 4.74 Å². The second kappa shape index (κ2) is 8.71. The van der Waals surface area contributed by atoms with E-state index in [4.69, 9.17) is 10.1 Å². The number of hydrogen-bond donors (Lipinski definition) is 1. The number of hydrogen-bond acceptors (Lipinski definition) is 3. The average Bonchev–Trinajstić information content (AvgIpc) is 2.34. The zero-order chi connectivity index (χ0) is 11.6. The standard InChI is InChI=1S/C13H26N2O/c1-2-3-4-5-6-13(7-8-14)15-9-11-16-12-10-15/h8,13-14H,2-7,9-12H2,1H3. The molecule has 1 fully saturated rings. The fourth-order valence-corrected chi connectivity index (χ4v) is 2.33. The molecule has 0 aromatic heterocycles. The molecule has 3 heteroatoms. The zero-order valence-corrected chi connectivity index (χ0v) is 10.6. The van der Waals surface area contributed by atoms with Crippen molar-refractivity contribution >= 4 is 6.21 Å². The third kappa shape index (κ3) is 5.08. The number of nitrogens with one attached hydrogen (secondary N) is 1. The molecule has 1 rings (SSSR count). The van der Waals surface area contributed by atoms with Gasteiger partial charge in [-0.2, -0.15) is 0 Å². The molecule has 0 aromatic rings. The first-order chi connectivity index (χ1) is 7.88. The van der Waals surface area contributed by atoms with Crippen molar-refractivity contribution in [3.05, 3.63) is 0 Å². The SMILES string of the molecule is CCCCCCC(CC=N)N1CCOCC1. The van der Waals surface area contributed by atoms with Crippen LogP contribution in [0, 0.1) is 5.41 Å². The van der Waals surface area contributed by atoms with Crippen LogP contribution >= 0.6 is 0 Å². The fraction of sp³-hybridized carbons (Fsp3) is 0.923. The molecule has 0 saturated carbocycles. The van der Waals surface area contributed by atoms with Crippen molar-refractivity contribution in [1.29, 1.82) is 5.41 Å². The maximum atomic E-state index is 7.29. The highest BCUT2D eigenvalue weighted by Crippen LogP contribution is 2.14. The molecule has 16 heavy (non-hydrogen) atoms. The van der Waals surface area contributed by atoms with Crippen molar-refractivity contribution in [2.24, 2.45) is 0 Å². The lowest BCUT2D eigenvalue weighted by atomic mass is 10.0. The first-order valence-electron chi connectivity index (χ1n) is 6.69. The van der Waals surface area contributed by atoms with E-state index in [2.05, 4.69) is 11.8 Å². The molecule has 3 nitrogen and oxygen atoms in total. The summed E-state index contributed by atoms with van der Waals surface area (Å²) in [5, 5.41) is 7.29. The third-order valence-electron chi connectivity index (χ3n) is 3.34. The number of ether oxygens (including phenoxy) is 1. The molecule has 0 aliphatic carbocycles. The van der Waals surface area contributed by atoms with E-state index in [1.54, 1.807) is 6.21 Å². The summed E-state index contributed by atoms with van der Waals surface area (Å²) in [5.41, 5.74) is 0. The fourth-order valence-electron chi connectivity index (χ4n) is 2.33. The van der Waals surface area contributed by atoms with E-state index in [1.807, 2.05) is 0 Å². The van der Waals surface area contributed by atoms with Crippen molar-refractivity contribution in [2.45, 2.75) is 51.5 Å². The Morgan fingerprint density at radius 2 is 2.00 bits per heavy atom. The highest BCUT2D eigenvalue weighted by Gasteiger charge is 2.19. The van der Waals surface area contributed by atoms with Crippen molar-refractivity contribution in [3.8, 4) is 0 Å². The molecule has 1 heterocycles. The molecule has 0 radical (unpaired) electrons. The van der Waals surface area contributed by atoms with Crippen molar-refractivity contribution in [1.82, 2.24) is 4.90 Å². The summed E-state index contributed by atoms with van der Waals surface area (Å²) < 4.78 is 5.37. The average molecular weight is 226 g/mol. The second-order valence-corrected chi connectivity index (χ2v) is 4.59. The number of morpholine rings is 1. The van der Waals surface area contributed by atoms with Crippen LogP contribution in [0.2, 0.25) is 0 Å². The molecule has 1 saturated heterocycles. The molecular weight excluding hydrogens is 200 g/mol. The lowest BCUT2D eigenvalue weighted by Gasteiger charge is -2.34. The van der Waals surface area contributed by atoms with Crippen LogP contribution in [0.25, 0.3) is 0 Å². The van der Waals surface area contributed by atoms with E-state index in [-0.39, 0.29) is 0 Å².